The van der Waals surface area contributed by atoms with Gasteiger partial charge in [-0.3, -0.25) is 13.8 Å². The van der Waals surface area contributed by atoms with Crippen molar-refractivity contribution in [2.45, 2.75) is 270 Å². The number of carbonyl (C=O) groups excluding carboxylic acids is 1. The van der Waals surface area contributed by atoms with Gasteiger partial charge in [0.25, 0.3) is 0 Å². The lowest BCUT2D eigenvalue weighted by molar-refractivity contribution is -0.870. The molecule has 1 amide bonds. The molecule has 3 N–H and O–H groups in total. The number of hydrogen-bond donors (Lipinski definition) is 3. The minimum Gasteiger partial charge on any atom is -0.387 e. The summed E-state index contributed by atoms with van der Waals surface area (Å²) in [5, 5.41) is 13.9. The highest BCUT2D eigenvalue weighted by molar-refractivity contribution is 7.47. The Balaban J connectivity index is 4.31. The Labute approximate surface area is 494 Å². The molecule has 0 fully saturated rings. The third-order valence-corrected chi connectivity index (χ3v) is 14.8. The molecular weight excluding hydrogens is 1010 g/mol. The van der Waals surface area contributed by atoms with Crippen LogP contribution in [-0.2, 0) is 18.4 Å². The quantitative estimate of drug-likeness (QED) is 0.0243. The Morgan fingerprint density at radius 3 is 1.15 bits per heavy atom. The average molecular weight is 1130 g/mol. The van der Waals surface area contributed by atoms with E-state index in [1.807, 2.05) is 27.2 Å². The Morgan fingerprint density at radius 1 is 0.438 bits per heavy atom. The van der Waals surface area contributed by atoms with Crippen LogP contribution < -0.4 is 5.32 Å². The zero-order chi connectivity index (χ0) is 58.4. The zero-order valence-corrected chi connectivity index (χ0v) is 53.2. The van der Waals surface area contributed by atoms with Crippen molar-refractivity contribution in [3.63, 3.8) is 0 Å². The van der Waals surface area contributed by atoms with Gasteiger partial charge in [0.1, 0.15) is 13.2 Å². The van der Waals surface area contributed by atoms with Crippen LogP contribution in [0.1, 0.15) is 258 Å². The van der Waals surface area contributed by atoms with Gasteiger partial charge in [-0.1, -0.05) is 276 Å². The lowest BCUT2D eigenvalue weighted by atomic mass is 10.0. The van der Waals surface area contributed by atoms with Gasteiger partial charge in [0, 0.05) is 6.42 Å². The van der Waals surface area contributed by atoms with E-state index >= 15 is 0 Å². The summed E-state index contributed by atoms with van der Waals surface area (Å²) in [6.45, 7) is 4.66. The number of carbonyl (C=O) groups is 1. The largest absolute Gasteiger partial charge is 0.472 e. The molecule has 0 aliphatic heterocycles. The van der Waals surface area contributed by atoms with Crippen molar-refractivity contribution in [2.75, 3.05) is 40.9 Å². The van der Waals surface area contributed by atoms with Crippen LogP contribution in [0.25, 0.3) is 0 Å². The summed E-state index contributed by atoms with van der Waals surface area (Å²) in [6, 6.07) is -0.896. The number of aliphatic hydroxyl groups excluding tert-OH is 1. The molecule has 0 spiro atoms. The summed E-state index contributed by atoms with van der Waals surface area (Å²) in [6.07, 6.45) is 91.6. The molecule has 9 heteroatoms. The second-order valence-electron chi connectivity index (χ2n) is 22.7. The number of likely N-dealkylation sites (N-methyl/N-ethyl adjacent to an activating group) is 1. The van der Waals surface area contributed by atoms with Gasteiger partial charge < -0.3 is 19.8 Å². The number of quaternary nitrogens is 1. The van der Waals surface area contributed by atoms with Gasteiger partial charge in [0.2, 0.25) is 5.91 Å². The Morgan fingerprint density at radius 2 is 0.762 bits per heavy atom. The number of nitrogens with one attached hydrogen (secondary N) is 1. The van der Waals surface area contributed by atoms with Gasteiger partial charge in [-0.15, -0.1) is 0 Å². The van der Waals surface area contributed by atoms with Gasteiger partial charge in [0.05, 0.1) is 39.9 Å². The molecule has 0 radical (unpaired) electrons. The fourth-order valence-electron chi connectivity index (χ4n) is 8.80. The minimum absolute atomic E-state index is 0.0405. The number of unbranched alkanes of at least 4 members (excludes halogenated alkanes) is 25. The fraction of sp³-hybridized carbons (Fsp3) is 0.676. The second-order valence-corrected chi connectivity index (χ2v) is 24.2. The maximum Gasteiger partial charge on any atom is 0.472 e. The standard InChI is InChI=1S/C71H123N2O6P/c1-6-8-10-12-14-16-18-20-22-24-26-28-30-32-34-36-38-40-42-44-46-48-50-52-54-56-58-60-62-64-70(74)69(68-79-80(76,77)78-67-66-73(3,4)5)72-71(75)65-63-61-59-57-55-53-51-49-47-45-43-41-39-37-35-33-31-29-27-25-23-21-19-17-15-13-11-9-7-2/h9,11,15,17,21,23,27,29,33,35,39,41,45-48,51,53-54,56,62,64,69-70,74H,6-8,10,12-14,16,18-20,22,24-26,28,30-32,34,36-38,40,42-44,49-50,52,55,57-61,63,65-68H2,1-5H3,(H-,72,75,76,77)/p+1/b11-9-,17-15-,23-21-,29-27-,35-33-,41-39-,47-45-,48-46+,53-51-,56-54+,64-62+. The van der Waals surface area contributed by atoms with E-state index in [2.05, 4.69) is 141 Å². The highest BCUT2D eigenvalue weighted by atomic mass is 31.2. The summed E-state index contributed by atoms with van der Waals surface area (Å²) < 4.78 is 23.7. The van der Waals surface area contributed by atoms with Crippen LogP contribution in [0.4, 0.5) is 0 Å². The van der Waals surface area contributed by atoms with Gasteiger partial charge in [-0.05, 0) is 109 Å². The second kappa shape index (κ2) is 60.2. The molecule has 0 aromatic rings. The van der Waals surface area contributed by atoms with Gasteiger partial charge in [0.15, 0.2) is 0 Å². The molecule has 458 valence electrons. The summed E-state index contributed by atoms with van der Waals surface area (Å²) in [5.41, 5.74) is 0. The molecule has 3 atom stereocenters. The van der Waals surface area contributed by atoms with Crippen molar-refractivity contribution in [3.8, 4) is 0 Å². The maximum absolute atomic E-state index is 13.0. The predicted molar refractivity (Wildman–Crippen MR) is 350 cm³/mol. The van der Waals surface area contributed by atoms with Crippen molar-refractivity contribution in [2.24, 2.45) is 0 Å². The van der Waals surface area contributed by atoms with Crippen LogP contribution in [0.15, 0.2) is 134 Å². The van der Waals surface area contributed by atoms with E-state index in [9.17, 15) is 19.4 Å². The Hall–Kier alpha value is -3.36. The summed E-state index contributed by atoms with van der Waals surface area (Å²) in [7, 11) is 1.51. The van der Waals surface area contributed by atoms with Crippen molar-refractivity contribution < 1.29 is 32.9 Å². The van der Waals surface area contributed by atoms with Crippen LogP contribution in [-0.4, -0.2) is 73.4 Å². The molecule has 80 heavy (non-hydrogen) atoms. The van der Waals surface area contributed by atoms with Crippen LogP contribution in [0.2, 0.25) is 0 Å². The highest BCUT2D eigenvalue weighted by Crippen LogP contribution is 2.43. The van der Waals surface area contributed by atoms with E-state index in [0.717, 1.165) is 109 Å². The molecule has 0 aromatic carbocycles. The van der Waals surface area contributed by atoms with Crippen molar-refractivity contribution in [1.82, 2.24) is 5.32 Å². The van der Waals surface area contributed by atoms with E-state index in [-0.39, 0.29) is 19.1 Å². The first kappa shape index (κ1) is 76.6. The number of allylic oxidation sites excluding steroid dienone is 21. The third kappa shape index (κ3) is 62.2. The molecule has 3 unspecified atom stereocenters. The van der Waals surface area contributed by atoms with Crippen LogP contribution in [0.3, 0.4) is 0 Å². The third-order valence-electron chi connectivity index (χ3n) is 13.8. The smallest absolute Gasteiger partial charge is 0.387 e. The Kier molecular flexibility index (Phi) is 57.7. The maximum atomic E-state index is 13.0. The minimum atomic E-state index is -4.38. The van der Waals surface area contributed by atoms with Crippen LogP contribution >= 0.6 is 7.82 Å². The molecule has 8 nitrogen and oxygen atoms in total. The summed E-state index contributed by atoms with van der Waals surface area (Å²) in [5.74, 6) is -0.219. The number of aliphatic hydroxyl groups is 1. The van der Waals surface area contributed by atoms with E-state index in [4.69, 9.17) is 9.05 Å². The molecule has 0 saturated heterocycles. The molecule has 0 aliphatic carbocycles. The normalized spacial score (nSPS) is 14.6. The fourth-order valence-corrected chi connectivity index (χ4v) is 9.53. The first-order valence-corrected chi connectivity index (χ1v) is 34.1. The molecule has 0 rings (SSSR count). The van der Waals surface area contributed by atoms with Crippen LogP contribution in [0, 0.1) is 0 Å². The van der Waals surface area contributed by atoms with E-state index in [0.29, 0.717) is 17.4 Å². The first-order valence-electron chi connectivity index (χ1n) is 32.6. The van der Waals surface area contributed by atoms with Gasteiger partial charge in [-0.25, -0.2) is 4.57 Å². The monoisotopic (exact) mass is 1130 g/mol. The molecule has 0 saturated carbocycles. The molecule has 0 bridgehead atoms. The van der Waals surface area contributed by atoms with Gasteiger partial charge >= 0.3 is 7.82 Å². The topological polar surface area (TPSA) is 105 Å². The summed E-state index contributed by atoms with van der Waals surface area (Å²) >= 11 is 0. The Bertz CT molecular complexity index is 1760. The first-order chi connectivity index (χ1) is 39.0. The van der Waals surface area contributed by atoms with Crippen LogP contribution in [0.5, 0.6) is 0 Å². The lowest BCUT2D eigenvalue weighted by Gasteiger charge is -2.25. The lowest BCUT2D eigenvalue weighted by Crippen LogP contribution is -2.45. The number of phosphoric ester groups is 1. The SMILES string of the molecule is CC/C=C\C/C=C\C/C=C\C/C=C\C/C=C\C/C=C\C/C=C\C/C=C\CCCCCCC(=O)NC(COP(=O)(O)OCC[N+](C)(C)C)C(O)/C=C/CC/C=C/CC/C=C/CCCCCCCCCCCCCCCCCCCCC. The number of nitrogens with zero attached hydrogens (tertiary/aromatic N) is 1. The zero-order valence-electron chi connectivity index (χ0n) is 52.3. The number of rotatable bonds is 58. The molecule has 0 heterocycles. The van der Waals surface area contributed by atoms with Crippen molar-refractivity contribution in [1.29, 1.82) is 0 Å². The molecule has 0 aliphatic rings. The number of hydrogen-bond acceptors (Lipinski definition) is 5. The van der Waals surface area contributed by atoms with Crippen molar-refractivity contribution in [3.05, 3.63) is 134 Å². The number of amides is 1. The van der Waals surface area contributed by atoms with Crippen molar-refractivity contribution >= 4 is 13.7 Å². The molecule has 0 aromatic heterocycles. The summed E-state index contributed by atoms with van der Waals surface area (Å²) in [4.78, 5) is 23.4. The number of phosphoric acid groups is 1. The average Bonchev–Trinajstić information content (AvgIpc) is 3.42. The van der Waals surface area contributed by atoms with E-state index < -0.39 is 20.0 Å². The highest BCUT2D eigenvalue weighted by Gasteiger charge is 2.27. The predicted octanol–water partition coefficient (Wildman–Crippen LogP) is 20.7. The molecular formula is C71H124N2O6P+. The van der Waals surface area contributed by atoms with E-state index in [1.54, 1.807) is 6.08 Å². The van der Waals surface area contributed by atoms with Gasteiger partial charge in [-0.2, -0.15) is 0 Å². The van der Waals surface area contributed by atoms with E-state index in [1.165, 1.54) is 128 Å².